The van der Waals surface area contributed by atoms with Gasteiger partial charge < -0.3 is 20.6 Å². The summed E-state index contributed by atoms with van der Waals surface area (Å²) in [7, 11) is 0. The molecule has 9 heteroatoms. The van der Waals surface area contributed by atoms with E-state index >= 15 is 0 Å². The van der Waals surface area contributed by atoms with Crippen LogP contribution in [0.25, 0.3) is 0 Å². The minimum atomic E-state index is -0.765. The zero-order valence-electron chi connectivity index (χ0n) is 20.1. The Morgan fingerprint density at radius 2 is 1.61 bits per heavy atom. The fourth-order valence-electron chi connectivity index (χ4n) is 5.17. The van der Waals surface area contributed by atoms with Gasteiger partial charge in [0.15, 0.2) is 0 Å². The molecular weight excluding hydrogens is 480 g/mol. The topological polar surface area (TPSA) is 128 Å². The number of halogens is 1. The van der Waals surface area contributed by atoms with Gasteiger partial charge in [-0.25, -0.2) is 0 Å². The predicted molar refractivity (Wildman–Crippen MR) is 140 cm³/mol. The molecule has 2 amide bonds. The quantitative estimate of drug-likeness (QED) is 0.384. The number of carboxylic acid groups (broad SMARTS) is 1. The second-order valence-corrected chi connectivity index (χ2v) is 9.49. The summed E-state index contributed by atoms with van der Waals surface area (Å²) in [5.41, 5.74) is 7.88. The molecule has 0 radical (unpaired) electrons. The minimum absolute atomic E-state index is 0. The zero-order chi connectivity index (χ0) is 24.9. The Labute approximate surface area is 217 Å². The van der Waals surface area contributed by atoms with Gasteiger partial charge in [-0.2, -0.15) is 0 Å². The molecule has 192 valence electrons. The first-order valence-electron chi connectivity index (χ1n) is 12.2. The Balaban J connectivity index is 0.00000361. The SMILES string of the molecule is Cl.N=C(N)c1ccc(N2CCC(C(=O)N(Cc3ccccc3)C3CCC(C(=O)O)CC3)CC2=O)cc1. The van der Waals surface area contributed by atoms with Crippen LogP contribution in [0.4, 0.5) is 5.69 Å². The number of nitrogen functional groups attached to an aromatic ring is 1. The number of amidine groups is 1. The second-order valence-electron chi connectivity index (χ2n) is 9.49. The van der Waals surface area contributed by atoms with E-state index < -0.39 is 11.9 Å². The molecule has 1 aliphatic carbocycles. The van der Waals surface area contributed by atoms with Crippen molar-refractivity contribution in [2.75, 3.05) is 11.4 Å². The number of rotatable bonds is 7. The number of amides is 2. The van der Waals surface area contributed by atoms with E-state index in [0.717, 1.165) is 11.3 Å². The van der Waals surface area contributed by atoms with Crippen molar-refractivity contribution in [2.45, 2.75) is 51.1 Å². The number of nitrogens with two attached hydrogens (primary N) is 1. The molecule has 1 heterocycles. The van der Waals surface area contributed by atoms with E-state index in [2.05, 4.69) is 0 Å². The molecule has 1 saturated carbocycles. The normalized spacial score (nSPS) is 21.8. The number of nitrogens with zero attached hydrogens (tertiary/aromatic N) is 2. The monoisotopic (exact) mass is 512 g/mol. The number of aliphatic carboxylic acids is 1. The van der Waals surface area contributed by atoms with Gasteiger partial charge in [-0.3, -0.25) is 19.8 Å². The third kappa shape index (κ3) is 6.23. The van der Waals surface area contributed by atoms with E-state index in [1.54, 1.807) is 29.2 Å². The Morgan fingerprint density at radius 1 is 0.972 bits per heavy atom. The number of carbonyl (C=O) groups excluding carboxylic acids is 2. The average Bonchev–Trinajstić information content (AvgIpc) is 2.87. The number of hydrogen-bond acceptors (Lipinski definition) is 4. The van der Waals surface area contributed by atoms with Crippen molar-refractivity contribution in [2.24, 2.45) is 17.6 Å². The van der Waals surface area contributed by atoms with Gasteiger partial charge in [0.1, 0.15) is 5.84 Å². The van der Waals surface area contributed by atoms with Crippen molar-refractivity contribution in [1.29, 1.82) is 5.41 Å². The summed E-state index contributed by atoms with van der Waals surface area (Å²) in [5, 5.41) is 16.9. The number of piperidine rings is 1. The largest absolute Gasteiger partial charge is 0.481 e. The number of hydrogen-bond donors (Lipinski definition) is 3. The maximum atomic E-state index is 13.7. The van der Waals surface area contributed by atoms with Crippen LogP contribution in [-0.2, 0) is 20.9 Å². The van der Waals surface area contributed by atoms with Crippen LogP contribution in [0, 0.1) is 17.2 Å². The Morgan fingerprint density at radius 3 is 2.17 bits per heavy atom. The van der Waals surface area contributed by atoms with Crippen molar-refractivity contribution >= 4 is 41.7 Å². The van der Waals surface area contributed by atoms with Crippen molar-refractivity contribution < 1.29 is 19.5 Å². The highest BCUT2D eigenvalue weighted by Gasteiger charge is 2.37. The summed E-state index contributed by atoms with van der Waals surface area (Å²) >= 11 is 0. The van der Waals surface area contributed by atoms with Crippen molar-refractivity contribution in [3.63, 3.8) is 0 Å². The number of carbonyl (C=O) groups is 3. The molecule has 1 saturated heterocycles. The van der Waals surface area contributed by atoms with Crippen LogP contribution in [0.3, 0.4) is 0 Å². The zero-order valence-corrected chi connectivity index (χ0v) is 21.0. The molecular formula is C27H33ClN4O4. The first-order chi connectivity index (χ1) is 16.8. The number of carboxylic acids is 1. The molecule has 2 fully saturated rings. The lowest BCUT2D eigenvalue weighted by molar-refractivity contribution is -0.145. The third-order valence-electron chi connectivity index (χ3n) is 7.23. The first kappa shape index (κ1) is 27.2. The number of anilines is 1. The molecule has 2 aliphatic rings. The Bertz CT molecular complexity index is 1080. The van der Waals surface area contributed by atoms with Crippen LogP contribution in [0.5, 0.6) is 0 Å². The highest BCUT2D eigenvalue weighted by atomic mass is 35.5. The number of nitrogens with one attached hydrogen (secondary N) is 1. The fraction of sp³-hybridized carbons (Fsp3) is 0.407. The lowest BCUT2D eigenvalue weighted by Gasteiger charge is -2.39. The van der Waals surface area contributed by atoms with Crippen LogP contribution in [0.1, 0.15) is 49.7 Å². The molecule has 2 aromatic carbocycles. The molecule has 2 aromatic rings. The van der Waals surface area contributed by atoms with Gasteiger partial charge in [0.2, 0.25) is 11.8 Å². The molecule has 4 rings (SSSR count). The molecule has 0 bridgehead atoms. The minimum Gasteiger partial charge on any atom is -0.481 e. The standard InChI is InChI=1S/C27H32N4O4.ClH/c28-25(29)19-6-10-22(11-7-19)30-15-14-21(16-24(30)32)26(33)31(17-18-4-2-1-3-5-18)23-12-8-20(9-13-23)27(34)35;/h1-7,10-11,20-21,23H,8-9,12-17H2,(H3,28,29)(H,34,35);1H. The lowest BCUT2D eigenvalue weighted by Crippen LogP contribution is -2.49. The van der Waals surface area contributed by atoms with Gasteiger partial charge in [0, 0.05) is 42.7 Å². The van der Waals surface area contributed by atoms with E-state index in [1.165, 1.54) is 0 Å². The molecule has 1 atom stereocenters. The number of benzene rings is 2. The molecule has 1 unspecified atom stereocenters. The van der Waals surface area contributed by atoms with Crippen molar-refractivity contribution in [1.82, 2.24) is 4.90 Å². The van der Waals surface area contributed by atoms with E-state index in [0.29, 0.717) is 50.8 Å². The van der Waals surface area contributed by atoms with Crippen molar-refractivity contribution in [3.8, 4) is 0 Å². The maximum Gasteiger partial charge on any atom is 0.306 e. The summed E-state index contributed by atoms with van der Waals surface area (Å²) in [6.45, 7) is 0.905. The summed E-state index contributed by atoms with van der Waals surface area (Å²) < 4.78 is 0. The second kappa shape index (κ2) is 12.0. The molecule has 4 N–H and O–H groups in total. The van der Waals surface area contributed by atoms with Gasteiger partial charge in [0.05, 0.1) is 5.92 Å². The van der Waals surface area contributed by atoms with E-state index in [9.17, 15) is 19.5 Å². The molecule has 36 heavy (non-hydrogen) atoms. The van der Waals surface area contributed by atoms with Crippen LogP contribution < -0.4 is 10.6 Å². The molecule has 0 aromatic heterocycles. The highest BCUT2D eigenvalue weighted by Crippen LogP contribution is 2.32. The maximum absolute atomic E-state index is 13.7. The predicted octanol–water partition coefficient (Wildman–Crippen LogP) is 3.81. The van der Waals surface area contributed by atoms with Gasteiger partial charge in [-0.1, -0.05) is 30.3 Å². The van der Waals surface area contributed by atoms with Gasteiger partial charge in [0.25, 0.3) is 0 Å². The van der Waals surface area contributed by atoms with Crippen LogP contribution in [0.2, 0.25) is 0 Å². The smallest absolute Gasteiger partial charge is 0.306 e. The van der Waals surface area contributed by atoms with Gasteiger partial charge >= 0.3 is 5.97 Å². The highest BCUT2D eigenvalue weighted by molar-refractivity contribution is 5.99. The van der Waals surface area contributed by atoms with E-state index in [-0.39, 0.29) is 48.4 Å². The molecule has 1 aliphatic heterocycles. The molecule has 0 spiro atoms. The fourth-order valence-corrected chi connectivity index (χ4v) is 5.17. The lowest BCUT2D eigenvalue weighted by atomic mass is 9.84. The van der Waals surface area contributed by atoms with E-state index in [4.69, 9.17) is 11.1 Å². The van der Waals surface area contributed by atoms with Gasteiger partial charge in [-0.15, -0.1) is 12.4 Å². The summed E-state index contributed by atoms with van der Waals surface area (Å²) in [4.78, 5) is 41.7. The summed E-state index contributed by atoms with van der Waals surface area (Å²) in [6, 6.07) is 16.8. The van der Waals surface area contributed by atoms with Gasteiger partial charge in [-0.05, 0) is 61.9 Å². The van der Waals surface area contributed by atoms with Crippen LogP contribution >= 0.6 is 12.4 Å². The third-order valence-corrected chi connectivity index (χ3v) is 7.23. The van der Waals surface area contributed by atoms with E-state index in [1.807, 2.05) is 35.2 Å². The van der Waals surface area contributed by atoms with Crippen LogP contribution in [-0.4, -0.2) is 46.2 Å². The summed E-state index contributed by atoms with van der Waals surface area (Å²) in [5.74, 6) is -1.65. The molecule has 8 nitrogen and oxygen atoms in total. The van der Waals surface area contributed by atoms with Crippen LogP contribution in [0.15, 0.2) is 54.6 Å². The first-order valence-corrected chi connectivity index (χ1v) is 12.2. The summed E-state index contributed by atoms with van der Waals surface area (Å²) in [6.07, 6.45) is 3.14. The Kier molecular flexibility index (Phi) is 9.09. The Hall–Kier alpha value is -3.39. The van der Waals surface area contributed by atoms with Crippen molar-refractivity contribution in [3.05, 3.63) is 65.7 Å². The average molecular weight is 513 g/mol.